The van der Waals surface area contributed by atoms with Gasteiger partial charge in [0, 0.05) is 11.6 Å². The van der Waals surface area contributed by atoms with Crippen LogP contribution >= 0.6 is 0 Å². The highest BCUT2D eigenvalue weighted by Crippen LogP contribution is 2.30. The fraction of sp³-hybridized carbons (Fsp3) is 0.316. The summed E-state index contributed by atoms with van der Waals surface area (Å²) in [5, 5.41) is 0. The third-order valence-electron chi connectivity index (χ3n) is 3.31. The van der Waals surface area contributed by atoms with E-state index in [1.54, 1.807) is 0 Å². The van der Waals surface area contributed by atoms with Gasteiger partial charge in [-0.25, -0.2) is 0 Å². The molecule has 0 aliphatic carbocycles. The lowest BCUT2D eigenvalue weighted by atomic mass is 9.88. The minimum absolute atomic E-state index is 0.0560. The number of hydrogen-bond donors (Lipinski definition) is 1. The van der Waals surface area contributed by atoms with Crippen molar-refractivity contribution in [1.29, 1.82) is 0 Å². The van der Waals surface area contributed by atoms with Crippen LogP contribution in [0.5, 0.6) is 0 Å². The zero-order valence-electron chi connectivity index (χ0n) is 13.4. The van der Waals surface area contributed by atoms with Crippen molar-refractivity contribution in [1.82, 2.24) is 0 Å². The number of nitrogens with two attached hydrogens (primary N) is 1. The van der Waals surface area contributed by atoms with Crippen molar-refractivity contribution in [2.75, 3.05) is 5.73 Å². The maximum absolute atomic E-state index is 12.2. The molecule has 2 aromatic rings. The summed E-state index contributed by atoms with van der Waals surface area (Å²) in [6.07, 6.45) is 0.296. The van der Waals surface area contributed by atoms with E-state index >= 15 is 0 Å². The van der Waals surface area contributed by atoms with E-state index in [0.717, 1.165) is 11.1 Å². The Hall–Kier alpha value is -2.29. The molecule has 0 aromatic heterocycles. The van der Waals surface area contributed by atoms with E-state index in [0.29, 0.717) is 12.1 Å². The van der Waals surface area contributed by atoms with Gasteiger partial charge in [0.25, 0.3) is 0 Å². The Balaban J connectivity index is 2.29. The average molecular weight is 297 g/mol. The van der Waals surface area contributed by atoms with Gasteiger partial charge in [-0.05, 0) is 44.0 Å². The molecule has 2 rings (SSSR count). The van der Waals surface area contributed by atoms with Gasteiger partial charge in [-0.3, -0.25) is 4.79 Å². The van der Waals surface area contributed by atoms with Crippen LogP contribution in [0, 0.1) is 0 Å². The number of carbonyl (C=O) groups excluding carboxylic acids is 1. The first-order valence-electron chi connectivity index (χ1n) is 7.47. The van der Waals surface area contributed by atoms with Gasteiger partial charge >= 0.3 is 5.97 Å². The van der Waals surface area contributed by atoms with Crippen LogP contribution < -0.4 is 5.73 Å². The van der Waals surface area contributed by atoms with Gasteiger partial charge in [0.05, 0.1) is 6.42 Å². The molecule has 0 saturated heterocycles. The fourth-order valence-corrected chi connectivity index (χ4v) is 2.44. The molecule has 0 saturated carbocycles. The lowest BCUT2D eigenvalue weighted by Gasteiger charge is -2.23. The SMILES string of the molecule is CC(C)(C)OC(=O)C[C@@H](c1ccccc1)c1cccc(N)c1. The second-order valence-electron chi connectivity index (χ2n) is 6.42. The molecule has 3 nitrogen and oxygen atoms in total. The van der Waals surface area contributed by atoms with Gasteiger partial charge in [0.2, 0.25) is 0 Å². The average Bonchev–Trinajstić information content (AvgIpc) is 2.44. The van der Waals surface area contributed by atoms with E-state index in [9.17, 15) is 4.79 Å². The highest BCUT2D eigenvalue weighted by atomic mass is 16.6. The van der Waals surface area contributed by atoms with Crippen molar-refractivity contribution >= 4 is 11.7 Å². The predicted octanol–water partition coefficient (Wildman–Crippen LogP) is 4.13. The molecule has 2 aromatic carbocycles. The summed E-state index contributed by atoms with van der Waals surface area (Å²) in [5.74, 6) is -0.261. The Labute approximate surface area is 132 Å². The zero-order chi connectivity index (χ0) is 16.2. The Morgan fingerprint density at radius 3 is 2.27 bits per heavy atom. The minimum atomic E-state index is -0.478. The van der Waals surface area contributed by atoms with Crippen molar-refractivity contribution in [2.24, 2.45) is 0 Å². The molecule has 0 unspecified atom stereocenters. The molecule has 116 valence electrons. The summed E-state index contributed by atoms with van der Waals surface area (Å²) in [7, 11) is 0. The normalized spacial score (nSPS) is 12.7. The Bertz CT molecular complexity index is 629. The number of nitrogen functional groups attached to an aromatic ring is 1. The summed E-state index contributed by atoms with van der Waals surface area (Å²) in [6.45, 7) is 5.63. The van der Waals surface area contributed by atoms with Crippen LogP contribution in [0.2, 0.25) is 0 Å². The molecule has 0 radical (unpaired) electrons. The van der Waals surface area contributed by atoms with Crippen molar-refractivity contribution in [3.8, 4) is 0 Å². The monoisotopic (exact) mass is 297 g/mol. The molecule has 0 spiro atoms. The molecule has 1 atom stereocenters. The quantitative estimate of drug-likeness (QED) is 0.682. The molecule has 0 heterocycles. The summed E-state index contributed by atoms with van der Waals surface area (Å²) < 4.78 is 5.47. The van der Waals surface area contributed by atoms with Crippen LogP contribution in [0.1, 0.15) is 44.2 Å². The molecule has 0 aliphatic heterocycles. The molecular formula is C19H23NO2. The van der Waals surface area contributed by atoms with Gasteiger partial charge < -0.3 is 10.5 Å². The highest BCUT2D eigenvalue weighted by molar-refractivity contribution is 5.72. The number of benzene rings is 2. The summed E-state index contributed by atoms with van der Waals surface area (Å²) in [4.78, 5) is 12.2. The third-order valence-corrected chi connectivity index (χ3v) is 3.31. The van der Waals surface area contributed by atoms with Gasteiger partial charge in [-0.15, -0.1) is 0 Å². The molecule has 2 N–H and O–H groups in total. The van der Waals surface area contributed by atoms with E-state index in [1.807, 2.05) is 75.4 Å². The topological polar surface area (TPSA) is 52.3 Å². The first-order valence-corrected chi connectivity index (χ1v) is 7.47. The maximum Gasteiger partial charge on any atom is 0.307 e. The summed E-state index contributed by atoms with van der Waals surface area (Å²) in [6, 6.07) is 17.6. The molecule has 22 heavy (non-hydrogen) atoms. The molecule has 0 amide bonds. The molecule has 3 heteroatoms. The van der Waals surface area contributed by atoms with E-state index in [1.165, 1.54) is 0 Å². The van der Waals surface area contributed by atoms with Crippen LogP contribution in [0.3, 0.4) is 0 Å². The maximum atomic E-state index is 12.2. The molecule has 0 fully saturated rings. The third kappa shape index (κ3) is 4.62. The van der Waals surface area contributed by atoms with Gasteiger partial charge in [0.1, 0.15) is 5.60 Å². The van der Waals surface area contributed by atoms with Crippen molar-refractivity contribution in [3.63, 3.8) is 0 Å². The molecule has 0 bridgehead atoms. The lowest BCUT2D eigenvalue weighted by Crippen LogP contribution is -2.25. The first kappa shape index (κ1) is 16.1. The Kier molecular flexibility index (Phi) is 4.86. The van der Waals surface area contributed by atoms with Crippen molar-refractivity contribution < 1.29 is 9.53 Å². The number of anilines is 1. The second-order valence-corrected chi connectivity index (χ2v) is 6.42. The summed E-state index contributed by atoms with van der Waals surface area (Å²) >= 11 is 0. The highest BCUT2D eigenvalue weighted by Gasteiger charge is 2.23. The summed E-state index contributed by atoms with van der Waals surface area (Å²) in [5.41, 5.74) is 8.22. The number of rotatable bonds is 4. The van der Waals surface area contributed by atoms with E-state index < -0.39 is 5.60 Å². The first-order chi connectivity index (χ1) is 10.3. The van der Waals surface area contributed by atoms with Crippen molar-refractivity contribution in [2.45, 2.75) is 38.7 Å². The molecule has 0 aliphatic rings. The predicted molar refractivity (Wildman–Crippen MR) is 89.6 cm³/mol. The minimum Gasteiger partial charge on any atom is -0.460 e. The smallest absolute Gasteiger partial charge is 0.307 e. The van der Waals surface area contributed by atoms with Crippen LogP contribution in [0.25, 0.3) is 0 Å². The standard InChI is InChI=1S/C19H23NO2/c1-19(2,3)22-18(21)13-17(14-8-5-4-6-9-14)15-10-7-11-16(20)12-15/h4-12,17H,13,20H2,1-3H3/t17-/m0/s1. The van der Waals surface area contributed by atoms with Crippen molar-refractivity contribution in [3.05, 3.63) is 65.7 Å². The van der Waals surface area contributed by atoms with Gasteiger partial charge in [0.15, 0.2) is 0 Å². The van der Waals surface area contributed by atoms with Gasteiger partial charge in [-0.2, -0.15) is 0 Å². The zero-order valence-corrected chi connectivity index (χ0v) is 13.4. The molecular weight excluding hydrogens is 274 g/mol. The Morgan fingerprint density at radius 2 is 1.68 bits per heavy atom. The number of ether oxygens (including phenoxy) is 1. The second kappa shape index (κ2) is 6.65. The van der Waals surface area contributed by atoms with Crippen LogP contribution in [0.15, 0.2) is 54.6 Å². The lowest BCUT2D eigenvalue weighted by molar-refractivity contribution is -0.155. The number of hydrogen-bond acceptors (Lipinski definition) is 3. The van der Waals surface area contributed by atoms with E-state index in [2.05, 4.69) is 0 Å². The van der Waals surface area contributed by atoms with E-state index in [-0.39, 0.29) is 11.9 Å². The van der Waals surface area contributed by atoms with Crippen LogP contribution in [-0.2, 0) is 9.53 Å². The van der Waals surface area contributed by atoms with Crippen LogP contribution in [-0.4, -0.2) is 11.6 Å². The Morgan fingerprint density at radius 1 is 1.05 bits per heavy atom. The van der Waals surface area contributed by atoms with E-state index in [4.69, 9.17) is 10.5 Å². The number of carbonyl (C=O) groups is 1. The number of esters is 1. The largest absolute Gasteiger partial charge is 0.460 e. The fourth-order valence-electron chi connectivity index (χ4n) is 2.44. The van der Waals surface area contributed by atoms with Crippen LogP contribution in [0.4, 0.5) is 5.69 Å². The van der Waals surface area contributed by atoms with Gasteiger partial charge in [-0.1, -0.05) is 42.5 Å².